The first-order chi connectivity index (χ1) is 9.17. The van der Waals surface area contributed by atoms with Crippen LogP contribution in [0.5, 0.6) is 11.5 Å². The van der Waals surface area contributed by atoms with Crippen LogP contribution < -0.4 is 20.5 Å². The molecule has 1 unspecified atom stereocenters. The van der Waals surface area contributed by atoms with Crippen molar-refractivity contribution in [3.05, 3.63) is 34.8 Å². The topological polar surface area (TPSA) is 56.5 Å². The fraction of sp³-hybridized carbons (Fsp3) is 0.429. The molecule has 0 aliphatic heterocycles. The average molecular weight is 329 g/mol. The molecule has 0 amide bonds. The zero-order valence-corrected chi connectivity index (χ0v) is 13.0. The van der Waals surface area contributed by atoms with Gasteiger partial charge in [-0.15, -0.1) is 6.58 Å². The Morgan fingerprint density at radius 3 is 2.53 bits per heavy atom. The predicted molar refractivity (Wildman–Crippen MR) is 81.9 cm³/mol. The van der Waals surface area contributed by atoms with Crippen molar-refractivity contribution in [1.29, 1.82) is 0 Å². The zero-order chi connectivity index (χ0) is 14.3. The fourth-order valence-corrected chi connectivity index (χ4v) is 2.42. The lowest BCUT2D eigenvalue weighted by atomic mass is 10.1. The summed E-state index contributed by atoms with van der Waals surface area (Å²) >= 11 is 3.55. The minimum absolute atomic E-state index is 0.0640. The lowest BCUT2D eigenvalue weighted by molar-refractivity contribution is 0.353. The van der Waals surface area contributed by atoms with Crippen LogP contribution in [0.25, 0.3) is 0 Å². The SMILES string of the molecule is C=CCCNC(CN)c1cc(OC)c(OC)cc1Br. The van der Waals surface area contributed by atoms with E-state index < -0.39 is 0 Å². The van der Waals surface area contributed by atoms with Crippen molar-refractivity contribution in [2.45, 2.75) is 12.5 Å². The Morgan fingerprint density at radius 1 is 1.37 bits per heavy atom. The van der Waals surface area contributed by atoms with Crippen LogP contribution in [0.4, 0.5) is 0 Å². The third-order valence-corrected chi connectivity index (χ3v) is 3.54. The van der Waals surface area contributed by atoms with Crippen molar-refractivity contribution in [2.24, 2.45) is 5.73 Å². The molecule has 0 aliphatic rings. The maximum absolute atomic E-state index is 5.84. The van der Waals surface area contributed by atoms with E-state index in [9.17, 15) is 0 Å². The Labute approximate surface area is 123 Å². The first-order valence-electron chi connectivity index (χ1n) is 6.13. The van der Waals surface area contributed by atoms with E-state index in [0.717, 1.165) is 23.0 Å². The molecule has 5 heteroatoms. The number of hydrogen-bond acceptors (Lipinski definition) is 4. The van der Waals surface area contributed by atoms with Gasteiger partial charge in [0.15, 0.2) is 11.5 Å². The molecule has 0 bridgehead atoms. The molecule has 0 heterocycles. The molecular weight excluding hydrogens is 308 g/mol. The quantitative estimate of drug-likeness (QED) is 0.569. The molecule has 0 fully saturated rings. The van der Waals surface area contributed by atoms with Crippen molar-refractivity contribution in [3.8, 4) is 11.5 Å². The first kappa shape index (κ1) is 16.0. The Balaban J connectivity index is 2.99. The number of methoxy groups -OCH3 is 2. The van der Waals surface area contributed by atoms with E-state index in [2.05, 4.69) is 27.8 Å². The Hall–Kier alpha value is -1.04. The number of benzene rings is 1. The second-order valence-corrected chi connectivity index (χ2v) is 4.90. The minimum Gasteiger partial charge on any atom is -0.493 e. The van der Waals surface area contributed by atoms with Crippen LogP contribution in [-0.2, 0) is 0 Å². The summed E-state index contributed by atoms with van der Waals surface area (Å²) in [7, 11) is 3.24. The molecule has 0 aromatic heterocycles. The van der Waals surface area contributed by atoms with Gasteiger partial charge in [0.1, 0.15) is 0 Å². The highest BCUT2D eigenvalue weighted by molar-refractivity contribution is 9.10. The molecule has 4 nitrogen and oxygen atoms in total. The maximum atomic E-state index is 5.84. The molecule has 1 atom stereocenters. The van der Waals surface area contributed by atoms with E-state index >= 15 is 0 Å². The second-order valence-electron chi connectivity index (χ2n) is 4.05. The molecule has 0 radical (unpaired) electrons. The minimum atomic E-state index is 0.0640. The molecule has 1 aromatic rings. The molecule has 0 aliphatic carbocycles. The largest absolute Gasteiger partial charge is 0.493 e. The van der Waals surface area contributed by atoms with E-state index in [4.69, 9.17) is 15.2 Å². The van der Waals surface area contributed by atoms with Gasteiger partial charge < -0.3 is 20.5 Å². The molecule has 0 saturated heterocycles. The highest BCUT2D eigenvalue weighted by Crippen LogP contribution is 2.35. The van der Waals surface area contributed by atoms with Gasteiger partial charge in [0, 0.05) is 17.1 Å². The van der Waals surface area contributed by atoms with Gasteiger partial charge in [0.25, 0.3) is 0 Å². The van der Waals surface area contributed by atoms with Gasteiger partial charge in [-0.05, 0) is 30.7 Å². The number of ether oxygens (including phenoxy) is 2. The van der Waals surface area contributed by atoms with Crippen LogP contribution in [0, 0.1) is 0 Å². The van der Waals surface area contributed by atoms with Crippen LogP contribution in [0.3, 0.4) is 0 Å². The zero-order valence-electron chi connectivity index (χ0n) is 11.4. The first-order valence-corrected chi connectivity index (χ1v) is 6.93. The van der Waals surface area contributed by atoms with Crippen molar-refractivity contribution < 1.29 is 9.47 Å². The average Bonchev–Trinajstić information content (AvgIpc) is 2.44. The third-order valence-electron chi connectivity index (χ3n) is 2.85. The molecule has 19 heavy (non-hydrogen) atoms. The smallest absolute Gasteiger partial charge is 0.161 e. The van der Waals surface area contributed by atoms with E-state index in [-0.39, 0.29) is 6.04 Å². The van der Waals surface area contributed by atoms with Crippen LogP contribution in [-0.4, -0.2) is 27.3 Å². The highest BCUT2D eigenvalue weighted by atomic mass is 79.9. The Kier molecular flexibility index (Phi) is 6.91. The number of nitrogens with one attached hydrogen (secondary N) is 1. The molecular formula is C14H21BrN2O2. The summed E-state index contributed by atoms with van der Waals surface area (Å²) < 4.78 is 11.5. The summed E-state index contributed by atoms with van der Waals surface area (Å²) in [6.45, 7) is 5.05. The van der Waals surface area contributed by atoms with Crippen LogP contribution in [0.2, 0.25) is 0 Å². The normalized spacial score (nSPS) is 12.0. The van der Waals surface area contributed by atoms with Gasteiger partial charge in [-0.3, -0.25) is 0 Å². The second kappa shape index (κ2) is 8.19. The maximum Gasteiger partial charge on any atom is 0.161 e. The van der Waals surface area contributed by atoms with Crippen molar-refractivity contribution in [3.63, 3.8) is 0 Å². The van der Waals surface area contributed by atoms with Crippen molar-refractivity contribution in [2.75, 3.05) is 27.3 Å². The Morgan fingerprint density at radius 2 is 2.00 bits per heavy atom. The highest BCUT2D eigenvalue weighted by Gasteiger charge is 2.16. The third kappa shape index (κ3) is 4.23. The molecule has 106 valence electrons. The van der Waals surface area contributed by atoms with Gasteiger partial charge in [-0.25, -0.2) is 0 Å². The van der Waals surface area contributed by atoms with Gasteiger partial charge in [-0.1, -0.05) is 22.0 Å². The molecule has 0 saturated carbocycles. The van der Waals surface area contributed by atoms with Gasteiger partial charge in [0.2, 0.25) is 0 Å². The summed E-state index contributed by atoms with van der Waals surface area (Å²) in [5, 5.41) is 3.39. The van der Waals surface area contributed by atoms with Crippen molar-refractivity contribution >= 4 is 15.9 Å². The monoisotopic (exact) mass is 328 g/mol. The van der Waals surface area contributed by atoms with Crippen LogP contribution in [0.15, 0.2) is 29.3 Å². The standard InChI is InChI=1S/C14H21BrN2O2/c1-4-5-6-17-12(9-16)10-7-13(18-2)14(19-3)8-11(10)15/h4,7-8,12,17H,1,5-6,9,16H2,2-3H3. The molecule has 3 N–H and O–H groups in total. The van der Waals surface area contributed by atoms with Crippen LogP contribution >= 0.6 is 15.9 Å². The summed E-state index contributed by atoms with van der Waals surface area (Å²) in [6, 6.07) is 3.90. The van der Waals surface area contributed by atoms with E-state index in [1.165, 1.54) is 0 Å². The van der Waals surface area contributed by atoms with Gasteiger partial charge in [0.05, 0.1) is 14.2 Å². The number of hydrogen-bond donors (Lipinski definition) is 2. The summed E-state index contributed by atoms with van der Waals surface area (Å²) in [6.07, 6.45) is 2.78. The van der Waals surface area contributed by atoms with Gasteiger partial charge >= 0.3 is 0 Å². The van der Waals surface area contributed by atoms with E-state index in [1.807, 2.05) is 18.2 Å². The summed E-state index contributed by atoms with van der Waals surface area (Å²) in [4.78, 5) is 0. The summed E-state index contributed by atoms with van der Waals surface area (Å²) in [5.74, 6) is 1.39. The van der Waals surface area contributed by atoms with E-state index in [1.54, 1.807) is 14.2 Å². The summed E-state index contributed by atoms with van der Waals surface area (Å²) in [5.41, 5.74) is 6.90. The van der Waals surface area contributed by atoms with Crippen LogP contribution in [0.1, 0.15) is 18.0 Å². The van der Waals surface area contributed by atoms with Gasteiger partial charge in [-0.2, -0.15) is 0 Å². The number of rotatable bonds is 8. The fourth-order valence-electron chi connectivity index (χ4n) is 1.82. The molecule has 0 spiro atoms. The molecule has 1 aromatic carbocycles. The van der Waals surface area contributed by atoms with Crippen molar-refractivity contribution in [1.82, 2.24) is 5.32 Å². The lowest BCUT2D eigenvalue weighted by Gasteiger charge is -2.20. The number of halogens is 1. The predicted octanol–water partition coefficient (Wildman–Crippen LogP) is 2.63. The number of nitrogens with two attached hydrogens (primary N) is 1. The Bertz CT molecular complexity index is 424. The lowest BCUT2D eigenvalue weighted by Crippen LogP contribution is -2.29. The molecule has 1 rings (SSSR count). The van der Waals surface area contributed by atoms with E-state index in [0.29, 0.717) is 18.0 Å².